The molecule has 0 aromatic heterocycles. The number of esters is 1. The Bertz CT molecular complexity index is 1210. The molecule has 67 heavy (non-hydrogen) atoms. The molecule has 0 spiro atoms. The van der Waals surface area contributed by atoms with Crippen LogP contribution in [0.25, 0.3) is 0 Å². The summed E-state index contributed by atoms with van der Waals surface area (Å²) in [4.78, 5) is 25.2. The number of unbranched alkanes of at least 4 members (excludes halogenated alkanes) is 31. The predicted octanol–water partition coefficient (Wildman–Crippen LogP) is 17.2. The van der Waals surface area contributed by atoms with Gasteiger partial charge in [-0.15, -0.1) is 0 Å². The molecular formula is C58H110NO7P. The Kier molecular flexibility index (Phi) is 49.7. The second-order valence-electron chi connectivity index (χ2n) is 20.3. The molecule has 2 unspecified atom stereocenters. The van der Waals surface area contributed by atoms with Crippen LogP contribution in [0.15, 0.2) is 48.6 Å². The summed E-state index contributed by atoms with van der Waals surface area (Å²) in [6.07, 6.45) is 64.3. The van der Waals surface area contributed by atoms with Crippen LogP contribution in [0, 0.1) is 0 Å². The van der Waals surface area contributed by atoms with Gasteiger partial charge in [-0.05, 0) is 77.0 Å². The molecule has 0 saturated carbocycles. The average molecular weight is 964 g/mol. The number of hydrogen-bond donors (Lipinski definition) is 0. The smallest absolute Gasteiger partial charge is 0.306 e. The molecule has 0 amide bonds. The monoisotopic (exact) mass is 964 g/mol. The van der Waals surface area contributed by atoms with Crippen molar-refractivity contribution in [2.75, 3.05) is 54.1 Å². The lowest BCUT2D eigenvalue weighted by Gasteiger charge is -2.28. The maximum atomic E-state index is 12.8. The van der Waals surface area contributed by atoms with Gasteiger partial charge in [-0.2, -0.15) is 0 Å². The van der Waals surface area contributed by atoms with Crippen LogP contribution in [0.4, 0.5) is 0 Å². The van der Waals surface area contributed by atoms with Gasteiger partial charge in [0.05, 0.1) is 34.4 Å². The molecule has 0 aromatic carbocycles. The number of carbonyl (C=O) groups is 1. The highest BCUT2D eigenvalue weighted by molar-refractivity contribution is 7.45. The average Bonchev–Trinajstić information content (AvgIpc) is 3.29. The number of nitrogens with zero attached hydrogens (tertiary/aromatic N) is 1. The number of phosphoric acid groups is 1. The van der Waals surface area contributed by atoms with Crippen molar-refractivity contribution < 1.29 is 37.3 Å². The van der Waals surface area contributed by atoms with Gasteiger partial charge in [-0.25, -0.2) is 0 Å². The lowest BCUT2D eigenvalue weighted by Crippen LogP contribution is -2.37. The molecule has 0 fully saturated rings. The number of quaternary nitrogens is 1. The Balaban J connectivity index is 4.10. The second kappa shape index (κ2) is 50.8. The van der Waals surface area contributed by atoms with E-state index in [4.69, 9.17) is 18.5 Å². The molecule has 0 radical (unpaired) electrons. The molecule has 0 aliphatic heterocycles. The van der Waals surface area contributed by atoms with Crippen LogP contribution >= 0.6 is 7.82 Å². The number of rotatable bonds is 53. The highest BCUT2D eigenvalue weighted by atomic mass is 31.2. The van der Waals surface area contributed by atoms with E-state index in [0.717, 1.165) is 57.8 Å². The number of hydrogen-bond acceptors (Lipinski definition) is 7. The van der Waals surface area contributed by atoms with Crippen LogP contribution in [0.5, 0.6) is 0 Å². The standard InChI is InChI=1S/C58H110NO7P/c1-6-8-10-12-14-16-18-20-22-24-26-28-29-30-32-34-36-38-40-42-44-46-48-50-53-63-55-57(56-65-67(61,62)64-54-52-59(3,4)5)66-58(60)51-49-47-45-43-41-39-37-35-33-31-27-25-23-21-19-17-15-13-11-9-7-2/h19,21,24-27,33,35,57H,6-18,20,22-23,28-32,34,36-56H2,1-5H3/b21-19-,26-24-,27-25-,35-33-. The summed E-state index contributed by atoms with van der Waals surface area (Å²) >= 11 is 0. The maximum absolute atomic E-state index is 12.8. The van der Waals surface area contributed by atoms with Crippen molar-refractivity contribution in [1.82, 2.24) is 0 Å². The summed E-state index contributed by atoms with van der Waals surface area (Å²) in [5.74, 6) is -0.343. The third kappa shape index (κ3) is 55.3. The van der Waals surface area contributed by atoms with Crippen molar-refractivity contribution in [3.05, 3.63) is 48.6 Å². The van der Waals surface area contributed by atoms with E-state index >= 15 is 0 Å². The quantitative estimate of drug-likeness (QED) is 0.0197. The topological polar surface area (TPSA) is 94.1 Å². The number of carbonyl (C=O) groups excluding carboxylic acids is 1. The Morgan fingerprint density at radius 1 is 0.463 bits per heavy atom. The van der Waals surface area contributed by atoms with Crippen LogP contribution in [0.2, 0.25) is 0 Å². The highest BCUT2D eigenvalue weighted by Crippen LogP contribution is 2.38. The molecule has 0 N–H and O–H groups in total. The fourth-order valence-electron chi connectivity index (χ4n) is 7.96. The van der Waals surface area contributed by atoms with Gasteiger partial charge in [0.15, 0.2) is 0 Å². The molecule has 8 nitrogen and oxygen atoms in total. The van der Waals surface area contributed by atoms with Crippen LogP contribution in [0.1, 0.15) is 258 Å². The second-order valence-corrected chi connectivity index (χ2v) is 21.7. The van der Waals surface area contributed by atoms with Crippen molar-refractivity contribution in [1.29, 1.82) is 0 Å². The van der Waals surface area contributed by atoms with E-state index in [-0.39, 0.29) is 25.8 Å². The lowest BCUT2D eigenvalue weighted by molar-refractivity contribution is -0.870. The van der Waals surface area contributed by atoms with Gasteiger partial charge >= 0.3 is 5.97 Å². The zero-order valence-corrected chi connectivity index (χ0v) is 45.7. The number of allylic oxidation sites excluding steroid dienone is 8. The number of likely N-dealkylation sites (N-methyl/N-ethyl adjacent to an activating group) is 1. The highest BCUT2D eigenvalue weighted by Gasteiger charge is 2.20. The number of phosphoric ester groups is 1. The van der Waals surface area contributed by atoms with E-state index in [1.807, 2.05) is 21.1 Å². The summed E-state index contributed by atoms with van der Waals surface area (Å²) in [6, 6.07) is 0. The first-order valence-corrected chi connectivity index (χ1v) is 29.8. The third-order valence-electron chi connectivity index (χ3n) is 12.4. The van der Waals surface area contributed by atoms with Gasteiger partial charge in [0.1, 0.15) is 19.3 Å². The van der Waals surface area contributed by atoms with Crippen molar-refractivity contribution >= 4 is 13.8 Å². The lowest BCUT2D eigenvalue weighted by atomic mass is 10.0. The first-order chi connectivity index (χ1) is 32.6. The molecule has 9 heteroatoms. The molecule has 0 rings (SSSR count). The van der Waals surface area contributed by atoms with E-state index in [1.165, 1.54) is 180 Å². The molecular weight excluding hydrogens is 854 g/mol. The van der Waals surface area contributed by atoms with Crippen molar-refractivity contribution in [3.8, 4) is 0 Å². The van der Waals surface area contributed by atoms with Crippen LogP contribution in [-0.2, 0) is 27.9 Å². The fourth-order valence-corrected chi connectivity index (χ4v) is 8.69. The van der Waals surface area contributed by atoms with Gasteiger partial charge < -0.3 is 27.9 Å². The SMILES string of the molecule is CCCCCCC/C=C\C/C=C\C/C=C\CCCCCCCCC(=O)OC(COCCCCCCCCCCCCCC/C=C\CCCCCCCCCC)COP(=O)([O-])OCC[N+](C)(C)C. The van der Waals surface area contributed by atoms with Crippen molar-refractivity contribution in [2.24, 2.45) is 0 Å². The zero-order chi connectivity index (χ0) is 49.0. The minimum absolute atomic E-state index is 0.0227. The first-order valence-electron chi connectivity index (χ1n) is 28.4. The zero-order valence-electron chi connectivity index (χ0n) is 44.9. The predicted molar refractivity (Wildman–Crippen MR) is 286 cm³/mol. The summed E-state index contributed by atoms with van der Waals surface area (Å²) in [5, 5.41) is 0. The molecule has 0 saturated heterocycles. The number of ether oxygens (including phenoxy) is 2. The van der Waals surface area contributed by atoms with E-state index in [2.05, 4.69) is 62.5 Å². The van der Waals surface area contributed by atoms with E-state index in [0.29, 0.717) is 24.1 Å². The Morgan fingerprint density at radius 3 is 1.24 bits per heavy atom. The summed E-state index contributed by atoms with van der Waals surface area (Å²) in [7, 11) is 1.35. The van der Waals surface area contributed by atoms with Crippen molar-refractivity contribution in [3.63, 3.8) is 0 Å². The minimum atomic E-state index is -4.54. The summed E-state index contributed by atoms with van der Waals surface area (Å²) in [5.41, 5.74) is 0. The normalized spacial score (nSPS) is 13.8. The summed E-state index contributed by atoms with van der Waals surface area (Å²) in [6.45, 7) is 5.42. The van der Waals surface area contributed by atoms with Gasteiger partial charge in [0, 0.05) is 13.0 Å². The van der Waals surface area contributed by atoms with Crippen LogP contribution in [0.3, 0.4) is 0 Å². The van der Waals surface area contributed by atoms with Crippen LogP contribution < -0.4 is 4.89 Å². The molecule has 0 bridgehead atoms. The molecule has 2 atom stereocenters. The van der Waals surface area contributed by atoms with E-state index in [9.17, 15) is 14.3 Å². The van der Waals surface area contributed by atoms with Crippen LogP contribution in [-0.4, -0.2) is 70.7 Å². The third-order valence-corrected chi connectivity index (χ3v) is 13.3. The van der Waals surface area contributed by atoms with Crippen molar-refractivity contribution in [2.45, 2.75) is 264 Å². The summed E-state index contributed by atoms with van der Waals surface area (Å²) < 4.78 is 34.8. The molecule has 0 heterocycles. The Labute approximate surface area is 416 Å². The van der Waals surface area contributed by atoms with Gasteiger partial charge in [0.2, 0.25) is 0 Å². The molecule has 0 aromatic rings. The fraction of sp³-hybridized carbons (Fsp3) is 0.845. The van der Waals surface area contributed by atoms with Gasteiger partial charge in [-0.1, -0.05) is 223 Å². The molecule has 0 aliphatic carbocycles. The minimum Gasteiger partial charge on any atom is -0.756 e. The maximum Gasteiger partial charge on any atom is 0.306 e. The Hall–Kier alpha value is -1.54. The Morgan fingerprint density at radius 2 is 0.821 bits per heavy atom. The molecule has 394 valence electrons. The van der Waals surface area contributed by atoms with E-state index < -0.39 is 13.9 Å². The van der Waals surface area contributed by atoms with Gasteiger partial charge in [-0.3, -0.25) is 9.36 Å². The largest absolute Gasteiger partial charge is 0.756 e. The molecule has 0 aliphatic rings. The van der Waals surface area contributed by atoms with Gasteiger partial charge in [0.25, 0.3) is 7.82 Å². The first kappa shape index (κ1) is 65.5. The van der Waals surface area contributed by atoms with E-state index in [1.54, 1.807) is 0 Å².